The molecule has 12 rings (SSSR count). The second-order valence-corrected chi connectivity index (χ2v) is 16.5. The molecule has 10 aromatic carbocycles. The lowest BCUT2D eigenvalue weighted by Gasteiger charge is -2.28. The highest BCUT2D eigenvalue weighted by Gasteiger charge is 2.35. The molecule has 1 aliphatic carbocycles. The fraction of sp³-hybridized carbons (Fsp3) is 0.0526. The van der Waals surface area contributed by atoms with Crippen molar-refractivity contribution in [3.63, 3.8) is 0 Å². The Morgan fingerprint density at radius 3 is 1.90 bits per heavy atom. The first kappa shape index (κ1) is 33.7. The SMILES string of the molecule is CC1(C)c2ccccc2-c2ccc(N(c3ccc(-c4cc5ccccc5c5ccccc45)cc3)c3cccc(-c4cccc5oc6c7ccccc7ccc6c45)c3)cc21. The van der Waals surface area contributed by atoms with Crippen molar-refractivity contribution < 1.29 is 4.42 Å². The van der Waals surface area contributed by atoms with Gasteiger partial charge in [-0.3, -0.25) is 0 Å². The van der Waals surface area contributed by atoms with Crippen LogP contribution in [0.3, 0.4) is 0 Å². The molecule has 0 radical (unpaired) electrons. The third-order valence-corrected chi connectivity index (χ3v) is 12.8. The zero-order chi connectivity index (χ0) is 39.2. The summed E-state index contributed by atoms with van der Waals surface area (Å²) in [4.78, 5) is 2.42. The van der Waals surface area contributed by atoms with E-state index in [-0.39, 0.29) is 5.41 Å². The molecule has 1 aliphatic rings. The Morgan fingerprint density at radius 1 is 0.373 bits per heavy atom. The Labute approximate surface area is 343 Å². The summed E-state index contributed by atoms with van der Waals surface area (Å²) in [6.07, 6.45) is 0. The topological polar surface area (TPSA) is 16.4 Å². The molecule has 0 amide bonds. The van der Waals surface area contributed by atoms with Gasteiger partial charge in [0.15, 0.2) is 0 Å². The van der Waals surface area contributed by atoms with Gasteiger partial charge in [0, 0.05) is 38.6 Å². The molecular formula is C57H39NO. The van der Waals surface area contributed by atoms with Gasteiger partial charge in [-0.15, -0.1) is 0 Å². The van der Waals surface area contributed by atoms with Gasteiger partial charge in [0.1, 0.15) is 11.2 Å². The summed E-state index contributed by atoms with van der Waals surface area (Å²) >= 11 is 0. The number of benzene rings is 10. The molecule has 0 atom stereocenters. The molecule has 0 fully saturated rings. The summed E-state index contributed by atoms with van der Waals surface area (Å²) in [6, 6.07) is 73.2. The zero-order valence-electron chi connectivity index (χ0n) is 32.9. The Hall–Kier alpha value is -7.42. The Kier molecular flexibility index (Phi) is 7.31. The van der Waals surface area contributed by atoms with E-state index in [4.69, 9.17) is 4.42 Å². The summed E-state index contributed by atoms with van der Waals surface area (Å²) in [6.45, 7) is 4.71. The van der Waals surface area contributed by atoms with E-state index < -0.39 is 0 Å². The van der Waals surface area contributed by atoms with Gasteiger partial charge in [0.25, 0.3) is 0 Å². The summed E-state index contributed by atoms with van der Waals surface area (Å²) < 4.78 is 6.62. The molecule has 0 unspecified atom stereocenters. The maximum absolute atomic E-state index is 6.62. The number of rotatable bonds is 5. The van der Waals surface area contributed by atoms with Gasteiger partial charge >= 0.3 is 0 Å². The molecule has 0 bridgehead atoms. The van der Waals surface area contributed by atoms with E-state index in [2.05, 4.69) is 219 Å². The van der Waals surface area contributed by atoms with Crippen LogP contribution in [-0.2, 0) is 5.41 Å². The van der Waals surface area contributed by atoms with Gasteiger partial charge in [0.2, 0.25) is 0 Å². The van der Waals surface area contributed by atoms with E-state index in [9.17, 15) is 0 Å². The van der Waals surface area contributed by atoms with Crippen LogP contribution in [0.4, 0.5) is 17.1 Å². The largest absolute Gasteiger partial charge is 0.455 e. The average Bonchev–Trinajstić information content (AvgIpc) is 3.79. The van der Waals surface area contributed by atoms with E-state index in [1.165, 1.54) is 60.3 Å². The van der Waals surface area contributed by atoms with Crippen molar-refractivity contribution >= 4 is 71.3 Å². The second kappa shape index (κ2) is 12.8. The van der Waals surface area contributed by atoms with Gasteiger partial charge in [-0.25, -0.2) is 0 Å². The summed E-state index contributed by atoms with van der Waals surface area (Å²) in [5, 5.41) is 9.65. The lowest BCUT2D eigenvalue weighted by molar-refractivity contribution is 0.660. The van der Waals surface area contributed by atoms with Gasteiger partial charge in [-0.2, -0.15) is 0 Å². The third kappa shape index (κ3) is 5.13. The molecule has 2 nitrogen and oxygen atoms in total. The highest BCUT2D eigenvalue weighted by atomic mass is 16.3. The smallest absolute Gasteiger partial charge is 0.143 e. The van der Waals surface area contributed by atoms with Gasteiger partial charge in [0.05, 0.1) is 0 Å². The van der Waals surface area contributed by atoms with Crippen molar-refractivity contribution in [3.8, 4) is 33.4 Å². The molecule has 0 spiro atoms. The number of fused-ring (bicyclic) bond motifs is 11. The van der Waals surface area contributed by atoms with Crippen molar-refractivity contribution in [1.82, 2.24) is 0 Å². The number of hydrogen-bond acceptors (Lipinski definition) is 2. The minimum absolute atomic E-state index is 0.126. The number of hydrogen-bond donors (Lipinski definition) is 0. The normalized spacial score (nSPS) is 13.1. The standard InChI is InChI=1S/C57H39NO/c1-57(2)52-23-10-9-21-48(52)49-32-30-42(35-53(49)57)58(40-28-25-37(26-29-40)51-34-39-14-4-5-17-43(39)46-19-7-8-20-47(46)51)41-16-11-15-38(33-41)44-22-12-24-54-55(44)50-31-27-36-13-3-6-18-45(36)56(50)59-54/h3-35H,1-2H3. The van der Waals surface area contributed by atoms with Crippen LogP contribution in [-0.4, -0.2) is 0 Å². The van der Waals surface area contributed by atoms with E-state index >= 15 is 0 Å². The van der Waals surface area contributed by atoms with Crippen LogP contribution in [0.15, 0.2) is 205 Å². The second-order valence-electron chi connectivity index (χ2n) is 16.5. The maximum Gasteiger partial charge on any atom is 0.143 e. The quantitative estimate of drug-likeness (QED) is 0.163. The third-order valence-electron chi connectivity index (χ3n) is 12.8. The van der Waals surface area contributed by atoms with Crippen LogP contribution in [0.2, 0.25) is 0 Å². The number of anilines is 3. The predicted molar refractivity (Wildman–Crippen MR) is 249 cm³/mol. The maximum atomic E-state index is 6.62. The molecule has 0 aliphatic heterocycles. The van der Waals surface area contributed by atoms with Crippen molar-refractivity contribution in [2.75, 3.05) is 4.90 Å². The lowest BCUT2D eigenvalue weighted by Crippen LogP contribution is -2.16. The molecule has 278 valence electrons. The first-order valence-corrected chi connectivity index (χ1v) is 20.5. The molecule has 0 N–H and O–H groups in total. The van der Waals surface area contributed by atoms with Crippen LogP contribution in [0.25, 0.3) is 87.6 Å². The van der Waals surface area contributed by atoms with Crippen LogP contribution in [0.5, 0.6) is 0 Å². The van der Waals surface area contributed by atoms with Gasteiger partial charge in [-0.1, -0.05) is 159 Å². The van der Waals surface area contributed by atoms with E-state index in [0.717, 1.165) is 55.5 Å². The summed E-state index contributed by atoms with van der Waals surface area (Å²) in [5.41, 5.74) is 15.1. The van der Waals surface area contributed by atoms with Crippen LogP contribution in [0.1, 0.15) is 25.0 Å². The van der Waals surface area contributed by atoms with Crippen molar-refractivity contribution in [1.29, 1.82) is 0 Å². The highest BCUT2D eigenvalue weighted by Crippen LogP contribution is 2.51. The summed E-state index contributed by atoms with van der Waals surface area (Å²) in [7, 11) is 0. The molecule has 59 heavy (non-hydrogen) atoms. The zero-order valence-corrected chi connectivity index (χ0v) is 32.9. The highest BCUT2D eigenvalue weighted by molar-refractivity contribution is 6.19. The predicted octanol–water partition coefficient (Wildman–Crippen LogP) is 16.2. The lowest BCUT2D eigenvalue weighted by atomic mass is 9.82. The van der Waals surface area contributed by atoms with E-state index in [1.54, 1.807) is 0 Å². The molecule has 11 aromatic rings. The molecule has 0 saturated carbocycles. The first-order chi connectivity index (χ1) is 29.0. The average molecular weight is 754 g/mol. The minimum Gasteiger partial charge on any atom is -0.455 e. The van der Waals surface area contributed by atoms with Gasteiger partial charge < -0.3 is 9.32 Å². The number of nitrogens with zero attached hydrogens (tertiary/aromatic N) is 1. The molecular weight excluding hydrogens is 715 g/mol. The fourth-order valence-corrected chi connectivity index (χ4v) is 9.97. The Bertz CT molecular complexity index is 3480. The summed E-state index contributed by atoms with van der Waals surface area (Å²) in [5.74, 6) is 0. The Balaban J connectivity index is 1.03. The molecule has 1 aromatic heterocycles. The van der Waals surface area contributed by atoms with Crippen LogP contribution in [0, 0.1) is 0 Å². The van der Waals surface area contributed by atoms with Crippen LogP contribution >= 0.6 is 0 Å². The van der Waals surface area contributed by atoms with Crippen LogP contribution < -0.4 is 4.90 Å². The molecule has 0 saturated heterocycles. The van der Waals surface area contributed by atoms with Crippen molar-refractivity contribution in [2.45, 2.75) is 19.3 Å². The molecule has 2 heteroatoms. The fourth-order valence-electron chi connectivity index (χ4n) is 9.97. The Morgan fingerprint density at radius 2 is 1.03 bits per heavy atom. The molecule has 1 heterocycles. The van der Waals surface area contributed by atoms with Gasteiger partial charge in [-0.05, 0) is 126 Å². The minimum atomic E-state index is -0.126. The monoisotopic (exact) mass is 753 g/mol. The van der Waals surface area contributed by atoms with Crippen molar-refractivity contribution in [2.24, 2.45) is 0 Å². The van der Waals surface area contributed by atoms with E-state index in [0.29, 0.717) is 0 Å². The van der Waals surface area contributed by atoms with E-state index in [1.807, 2.05) is 0 Å². The number of furan rings is 1. The first-order valence-electron chi connectivity index (χ1n) is 20.5. The van der Waals surface area contributed by atoms with Crippen molar-refractivity contribution in [3.05, 3.63) is 211 Å².